The fourth-order valence-corrected chi connectivity index (χ4v) is 4.77. The van der Waals surface area contributed by atoms with Gasteiger partial charge < -0.3 is 5.11 Å². The van der Waals surface area contributed by atoms with Gasteiger partial charge in [0.25, 0.3) is 11.6 Å². The van der Waals surface area contributed by atoms with Crippen molar-refractivity contribution in [3.8, 4) is 11.1 Å². The van der Waals surface area contributed by atoms with Crippen LogP contribution in [0.15, 0.2) is 59.7 Å². The molecule has 1 aliphatic carbocycles. The lowest BCUT2D eigenvalue weighted by Gasteiger charge is -2.42. The number of fused-ring (bicyclic) bond motifs is 1. The summed E-state index contributed by atoms with van der Waals surface area (Å²) in [4.78, 5) is 13.1. The Morgan fingerprint density at radius 1 is 1.03 bits per heavy atom. The second kappa shape index (κ2) is 7.73. The maximum Gasteiger partial charge on any atom is 0.439 e. The third-order valence-corrected chi connectivity index (χ3v) is 6.78. The predicted octanol–water partition coefficient (Wildman–Crippen LogP) is 5.88. The minimum atomic E-state index is -5.04. The van der Waals surface area contributed by atoms with E-state index in [-0.39, 0.29) is 34.0 Å². The highest BCUT2D eigenvalue weighted by atomic mass is 19.4. The van der Waals surface area contributed by atoms with Crippen LogP contribution in [0.3, 0.4) is 0 Å². The van der Waals surface area contributed by atoms with Crippen LogP contribution >= 0.6 is 0 Å². The van der Waals surface area contributed by atoms with Gasteiger partial charge in [-0.2, -0.15) is 23.3 Å². The zero-order chi connectivity index (χ0) is 23.3. The van der Waals surface area contributed by atoms with Gasteiger partial charge in [-0.3, -0.25) is 4.79 Å². The molecule has 0 spiro atoms. The molecule has 3 atom stereocenters. The number of hydrazone groups is 1. The Balaban J connectivity index is 1.66. The van der Waals surface area contributed by atoms with E-state index in [0.29, 0.717) is 12.8 Å². The van der Waals surface area contributed by atoms with Gasteiger partial charge in [-0.25, -0.2) is 0 Å². The molecule has 2 aromatic rings. The Hall–Kier alpha value is -2.67. The van der Waals surface area contributed by atoms with Crippen LogP contribution in [0.1, 0.15) is 50.4 Å². The summed E-state index contributed by atoms with van der Waals surface area (Å²) in [6.45, 7) is 5.95. The zero-order valence-corrected chi connectivity index (χ0v) is 18.4. The molecule has 1 fully saturated rings. The normalized spacial score (nSPS) is 26.0. The van der Waals surface area contributed by atoms with Gasteiger partial charge in [0.15, 0.2) is 0 Å². The van der Waals surface area contributed by atoms with Gasteiger partial charge in [0, 0.05) is 11.3 Å². The van der Waals surface area contributed by atoms with Crippen LogP contribution in [0.25, 0.3) is 11.1 Å². The monoisotopic (exact) mass is 444 g/mol. The van der Waals surface area contributed by atoms with Crippen LogP contribution in [-0.4, -0.2) is 33.6 Å². The molecule has 0 radical (unpaired) electrons. The van der Waals surface area contributed by atoms with Gasteiger partial charge in [0.2, 0.25) is 0 Å². The molecule has 32 heavy (non-hydrogen) atoms. The van der Waals surface area contributed by atoms with E-state index >= 15 is 0 Å². The first-order chi connectivity index (χ1) is 14.9. The number of alkyl halides is 3. The quantitative estimate of drug-likeness (QED) is 0.629. The minimum absolute atomic E-state index is 0.0134. The fourth-order valence-electron chi connectivity index (χ4n) is 4.77. The highest BCUT2D eigenvalue weighted by Gasteiger charge is 2.69. The van der Waals surface area contributed by atoms with E-state index in [9.17, 15) is 23.1 Å². The average Bonchev–Trinajstić information content (AvgIpc) is 3.07. The van der Waals surface area contributed by atoms with Crippen molar-refractivity contribution in [3.63, 3.8) is 0 Å². The highest BCUT2D eigenvalue weighted by Crippen LogP contribution is 2.52. The Labute approximate surface area is 185 Å². The van der Waals surface area contributed by atoms with E-state index in [1.54, 1.807) is 12.1 Å². The van der Waals surface area contributed by atoms with E-state index in [2.05, 4.69) is 5.10 Å². The number of halogens is 3. The lowest BCUT2D eigenvalue weighted by atomic mass is 9.66. The highest BCUT2D eigenvalue weighted by molar-refractivity contribution is 5.99. The molecule has 7 heteroatoms. The molecule has 1 aliphatic heterocycles. The van der Waals surface area contributed by atoms with Crippen LogP contribution in [-0.2, 0) is 0 Å². The summed E-state index contributed by atoms with van der Waals surface area (Å²) in [6.07, 6.45) is -3.89. The van der Waals surface area contributed by atoms with Crippen LogP contribution < -0.4 is 0 Å². The molecule has 1 amide bonds. The maximum absolute atomic E-state index is 14.2. The number of hydrogen-bond donors (Lipinski definition) is 1. The Kier molecular flexibility index (Phi) is 5.44. The third kappa shape index (κ3) is 3.72. The van der Waals surface area contributed by atoms with Gasteiger partial charge >= 0.3 is 6.18 Å². The van der Waals surface area contributed by atoms with Crippen LogP contribution in [0.4, 0.5) is 13.2 Å². The van der Waals surface area contributed by atoms with Gasteiger partial charge in [0.1, 0.15) is 0 Å². The summed E-state index contributed by atoms with van der Waals surface area (Å²) in [7, 11) is 0. The number of aliphatic hydroxyl groups is 1. The van der Waals surface area contributed by atoms with E-state index < -0.39 is 23.7 Å². The molecule has 0 saturated heterocycles. The second-order valence-corrected chi connectivity index (χ2v) is 9.77. The second-order valence-electron chi connectivity index (χ2n) is 9.77. The van der Waals surface area contributed by atoms with Crippen molar-refractivity contribution in [2.75, 3.05) is 0 Å². The Bertz CT molecular complexity index is 1030. The van der Waals surface area contributed by atoms with Crippen molar-refractivity contribution >= 4 is 11.6 Å². The molecule has 2 aromatic carbocycles. The topological polar surface area (TPSA) is 52.9 Å². The number of hydrogen-bond acceptors (Lipinski definition) is 3. The molecule has 4 rings (SSSR count). The van der Waals surface area contributed by atoms with Gasteiger partial charge in [0.05, 0.1) is 5.92 Å². The van der Waals surface area contributed by atoms with Crippen molar-refractivity contribution in [3.05, 3.63) is 60.2 Å². The molecular formula is C25H27F3N2O2. The van der Waals surface area contributed by atoms with Crippen molar-refractivity contribution in [2.45, 2.75) is 51.9 Å². The third-order valence-electron chi connectivity index (χ3n) is 6.78. The van der Waals surface area contributed by atoms with Gasteiger partial charge in [-0.15, -0.1) is 0 Å². The molecule has 0 aromatic heterocycles. The summed E-state index contributed by atoms with van der Waals surface area (Å²) in [5.74, 6) is -2.23. The lowest BCUT2D eigenvalue weighted by molar-refractivity contribution is -0.314. The summed E-state index contributed by atoms with van der Waals surface area (Å²) >= 11 is 0. The smallest absolute Gasteiger partial charge is 0.362 e. The zero-order valence-electron chi connectivity index (χ0n) is 18.4. The molecule has 170 valence electrons. The molecule has 0 bridgehead atoms. The molecule has 1 N–H and O–H groups in total. The number of carbonyl (C=O) groups excluding carboxylic acids is 1. The molecular weight excluding hydrogens is 417 g/mol. The number of benzene rings is 2. The fraction of sp³-hybridized carbons (Fsp3) is 0.440. The van der Waals surface area contributed by atoms with E-state index in [1.807, 2.05) is 51.1 Å². The SMILES string of the molecule is CC(C)(C)[C@@H]1CCC2=NN(C(=O)c3ccc(-c4ccccc4)cc3)[C@@](O)(C(F)(F)F)[C@H]2C1. The number of amides is 1. The number of nitrogens with zero attached hydrogens (tertiary/aromatic N) is 2. The molecule has 1 saturated carbocycles. The number of rotatable bonds is 2. The summed E-state index contributed by atoms with van der Waals surface area (Å²) in [6, 6.07) is 15.8. The Morgan fingerprint density at radius 2 is 1.62 bits per heavy atom. The van der Waals surface area contributed by atoms with E-state index in [0.717, 1.165) is 11.1 Å². The van der Waals surface area contributed by atoms with Crippen LogP contribution in [0, 0.1) is 17.3 Å². The standard InChI is InChI=1S/C25H27F3N2O2/c1-23(2,3)19-13-14-21-20(15-19)24(32,25(26,27)28)30(29-21)22(31)18-11-9-17(10-12-18)16-7-5-4-6-8-16/h4-12,19-20,32H,13-15H2,1-3H3/t19-,20+,24+/m1/s1. The summed E-state index contributed by atoms with van der Waals surface area (Å²) < 4.78 is 42.7. The van der Waals surface area contributed by atoms with Crippen LogP contribution in [0.5, 0.6) is 0 Å². The first-order valence-electron chi connectivity index (χ1n) is 10.8. The molecule has 1 heterocycles. The largest absolute Gasteiger partial charge is 0.439 e. The summed E-state index contributed by atoms with van der Waals surface area (Å²) in [5.41, 5.74) is -1.49. The lowest BCUT2D eigenvalue weighted by Crippen LogP contribution is -2.62. The van der Waals surface area contributed by atoms with Crippen molar-refractivity contribution in [1.82, 2.24) is 5.01 Å². The Morgan fingerprint density at radius 3 is 2.19 bits per heavy atom. The first-order valence-corrected chi connectivity index (χ1v) is 10.8. The first kappa shape index (κ1) is 22.5. The molecule has 2 aliphatic rings. The van der Waals surface area contributed by atoms with Crippen molar-refractivity contribution in [2.24, 2.45) is 22.4 Å². The minimum Gasteiger partial charge on any atom is -0.362 e. The van der Waals surface area contributed by atoms with Crippen LogP contribution in [0.2, 0.25) is 0 Å². The number of carbonyl (C=O) groups is 1. The van der Waals surface area contributed by atoms with Crippen molar-refractivity contribution < 1.29 is 23.1 Å². The van der Waals surface area contributed by atoms with E-state index in [1.165, 1.54) is 12.1 Å². The molecule has 4 nitrogen and oxygen atoms in total. The molecule has 0 unspecified atom stereocenters. The van der Waals surface area contributed by atoms with Crippen molar-refractivity contribution in [1.29, 1.82) is 0 Å². The van der Waals surface area contributed by atoms with Gasteiger partial charge in [-0.1, -0.05) is 63.2 Å². The van der Waals surface area contributed by atoms with Gasteiger partial charge in [-0.05, 0) is 53.9 Å². The average molecular weight is 444 g/mol. The van der Waals surface area contributed by atoms with E-state index in [4.69, 9.17) is 0 Å². The predicted molar refractivity (Wildman–Crippen MR) is 117 cm³/mol. The maximum atomic E-state index is 14.2. The summed E-state index contributed by atoms with van der Waals surface area (Å²) in [5, 5.41) is 15.3.